The lowest BCUT2D eigenvalue weighted by Gasteiger charge is -2.33. The van der Waals surface area contributed by atoms with Crippen LogP contribution in [-0.2, 0) is 20.5 Å². The van der Waals surface area contributed by atoms with Crippen molar-refractivity contribution in [2.24, 2.45) is 0 Å². The molecule has 0 radical (unpaired) electrons. The van der Waals surface area contributed by atoms with Crippen LogP contribution in [-0.4, -0.2) is 48.1 Å². The van der Waals surface area contributed by atoms with Gasteiger partial charge in [0.25, 0.3) is 0 Å². The van der Waals surface area contributed by atoms with Crippen molar-refractivity contribution in [1.29, 1.82) is 0 Å². The number of allylic oxidation sites excluding steroid dienone is 1. The van der Waals surface area contributed by atoms with Crippen molar-refractivity contribution in [3.8, 4) is 11.3 Å². The van der Waals surface area contributed by atoms with Crippen LogP contribution in [0.15, 0.2) is 54.7 Å². The van der Waals surface area contributed by atoms with Gasteiger partial charge < -0.3 is 15.8 Å². The van der Waals surface area contributed by atoms with Crippen molar-refractivity contribution in [3.05, 3.63) is 82.7 Å². The molecular formula is C31H34ClFN6O3S. The van der Waals surface area contributed by atoms with Crippen molar-refractivity contribution in [3.63, 3.8) is 0 Å². The average Bonchev–Trinajstić information content (AvgIpc) is 3.36. The molecule has 0 spiro atoms. The smallest absolute Gasteiger partial charge is 0.237 e. The van der Waals surface area contributed by atoms with Gasteiger partial charge in [0.05, 0.1) is 42.6 Å². The van der Waals surface area contributed by atoms with Crippen molar-refractivity contribution in [1.82, 2.24) is 19.7 Å². The molecule has 1 unspecified atom stereocenters. The predicted octanol–water partition coefficient (Wildman–Crippen LogP) is 5.76. The van der Waals surface area contributed by atoms with Gasteiger partial charge in [0.15, 0.2) is 0 Å². The molecule has 2 aromatic carbocycles. The average molecular weight is 625 g/mol. The molecule has 9 nitrogen and oxygen atoms in total. The van der Waals surface area contributed by atoms with E-state index in [0.717, 1.165) is 44.0 Å². The molecule has 1 aliphatic heterocycles. The summed E-state index contributed by atoms with van der Waals surface area (Å²) in [4.78, 5) is 9.44. The quantitative estimate of drug-likeness (QED) is 0.216. The van der Waals surface area contributed by atoms with E-state index >= 15 is 4.39 Å². The van der Waals surface area contributed by atoms with Gasteiger partial charge in [-0.05, 0) is 48.6 Å². The SMILES string of the molecule is CC(C)c1nc(-c2ccc(NS(=O)(=O)Cc3ccccc3Cl)c(F)c2)c2c(N)ncc(C3=CCC(NC4COC4)CC3)n12. The molecule has 1 atom stereocenters. The van der Waals surface area contributed by atoms with Crippen molar-refractivity contribution >= 4 is 44.2 Å². The summed E-state index contributed by atoms with van der Waals surface area (Å²) in [6.07, 6.45) is 6.80. The normalized spacial score (nSPS) is 17.7. The number of hydrogen-bond acceptors (Lipinski definition) is 7. The zero-order valence-corrected chi connectivity index (χ0v) is 25.6. The first kappa shape index (κ1) is 29.6. The van der Waals surface area contributed by atoms with E-state index in [1.165, 1.54) is 17.7 Å². The highest BCUT2D eigenvalue weighted by molar-refractivity contribution is 7.91. The van der Waals surface area contributed by atoms with Gasteiger partial charge in [0.2, 0.25) is 10.0 Å². The minimum Gasteiger partial charge on any atom is -0.382 e. The predicted molar refractivity (Wildman–Crippen MR) is 168 cm³/mol. The summed E-state index contributed by atoms with van der Waals surface area (Å²) < 4.78 is 50.7. The number of hydrogen-bond donors (Lipinski definition) is 3. The lowest BCUT2D eigenvalue weighted by atomic mass is 9.92. The zero-order chi connectivity index (χ0) is 30.3. The summed E-state index contributed by atoms with van der Waals surface area (Å²) in [6, 6.07) is 11.8. The Morgan fingerprint density at radius 1 is 1.19 bits per heavy atom. The molecule has 226 valence electrons. The van der Waals surface area contributed by atoms with Crippen LogP contribution in [0.4, 0.5) is 15.9 Å². The standard InChI is InChI=1S/C31H34ClFN6O3S/c1-18(2)31-37-28(20-9-12-26(25(33)13-20)38-43(40,41)17-21-5-3-4-6-24(21)32)29-30(34)35-14-27(39(29)31)19-7-10-22(11-8-19)36-23-15-42-16-23/h3-7,9,12-14,18,22-23,36,38H,8,10-11,15-17H2,1-2H3,(H2,34,35). The summed E-state index contributed by atoms with van der Waals surface area (Å²) >= 11 is 6.13. The van der Waals surface area contributed by atoms with E-state index in [4.69, 9.17) is 27.1 Å². The van der Waals surface area contributed by atoms with Crippen LogP contribution in [0.2, 0.25) is 5.02 Å². The van der Waals surface area contributed by atoms with Crippen molar-refractivity contribution in [2.45, 2.75) is 56.9 Å². The number of rotatable bonds is 9. The van der Waals surface area contributed by atoms with Gasteiger partial charge >= 0.3 is 0 Å². The molecule has 1 saturated heterocycles. The molecule has 2 aromatic heterocycles. The molecule has 12 heteroatoms. The summed E-state index contributed by atoms with van der Waals surface area (Å²) in [5.41, 5.74) is 10.3. The van der Waals surface area contributed by atoms with E-state index < -0.39 is 15.8 Å². The molecule has 43 heavy (non-hydrogen) atoms. The Hall–Kier alpha value is -3.51. The first-order valence-corrected chi connectivity index (χ1v) is 16.4. The third-order valence-corrected chi connectivity index (χ3v) is 9.48. The number of sulfonamides is 1. The molecule has 0 amide bonds. The number of nitrogen functional groups attached to an aromatic ring is 1. The highest BCUT2D eigenvalue weighted by Gasteiger charge is 2.27. The summed E-state index contributed by atoms with van der Waals surface area (Å²) in [5.74, 6) is -0.0136. The largest absolute Gasteiger partial charge is 0.382 e. The Kier molecular flexibility index (Phi) is 8.16. The van der Waals surface area contributed by atoms with Crippen LogP contribution in [0, 0.1) is 5.82 Å². The third-order valence-electron chi connectivity index (χ3n) is 7.89. The van der Waals surface area contributed by atoms with Crippen molar-refractivity contribution in [2.75, 3.05) is 23.7 Å². The van der Waals surface area contributed by atoms with Gasteiger partial charge in [-0.1, -0.05) is 55.8 Å². The Bertz CT molecular complexity index is 1820. The molecule has 0 bridgehead atoms. The van der Waals surface area contributed by atoms with E-state index in [-0.39, 0.29) is 23.2 Å². The van der Waals surface area contributed by atoms with E-state index in [2.05, 4.69) is 21.1 Å². The maximum atomic E-state index is 15.4. The number of imidazole rings is 1. The number of ether oxygens (including phenoxy) is 1. The van der Waals surface area contributed by atoms with Crippen LogP contribution < -0.4 is 15.8 Å². The van der Waals surface area contributed by atoms with Gasteiger partial charge in [0, 0.05) is 22.5 Å². The lowest BCUT2D eigenvalue weighted by Crippen LogP contribution is -2.50. The molecule has 0 saturated carbocycles. The molecule has 1 aliphatic carbocycles. The van der Waals surface area contributed by atoms with Gasteiger partial charge in [-0.2, -0.15) is 0 Å². The third kappa shape index (κ3) is 6.12. The topological polar surface area (TPSA) is 124 Å². The second-order valence-corrected chi connectivity index (χ2v) is 13.6. The van der Waals surface area contributed by atoms with Crippen LogP contribution >= 0.6 is 11.6 Å². The Morgan fingerprint density at radius 2 is 1.98 bits per heavy atom. The summed E-state index contributed by atoms with van der Waals surface area (Å²) in [5, 5.41) is 3.98. The van der Waals surface area contributed by atoms with Crippen LogP contribution in [0.5, 0.6) is 0 Å². The first-order chi connectivity index (χ1) is 20.6. The first-order valence-electron chi connectivity index (χ1n) is 14.3. The zero-order valence-electron chi connectivity index (χ0n) is 24.0. The maximum Gasteiger partial charge on any atom is 0.237 e. The highest BCUT2D eigenvalue weighted by atomic mass is 35.5. The minimum atomic E-state index is -3.93. The Labute approximate surface area is 255 Å². The van der Waals surface area contributed by atoms with Gasteiger partial charge in [-0.25, -0.2) is 22.8 Å². The summed E-state index contributed by atoms with van der Waals surface area (Å²) in [6.45, 7) is 5.63. The Balaban J connectivity index is 1.32. The van der Waals surface area contributed by atoms with E-state index in [9.17, 15) is 8.42 Å². The second kappa shape index (κ2) is 11.9. The lowest BCUT2D eigenvalue weighted by molar-refractivity contribution is -0.0103. The number of halogens is 2. The minimum absolute atomic E-state index is 0.0414. The van der Waals surface area contributed by atoms with Crippen LogP contribution in [0.3, 0.4) is 0 Å². The monoisotopic (exact) mass is 624 g/mol. The molecule has 3 heterocycles. The number of nitrogens with two attached hydrogens (primary N) is 1. The number of nitrogens with zero attached hydrogens (tertiary/aromatic N) is 3. The van der Waals surface area contributed by atoms with Crippen molar-refractivity contribution < 1.29 is 17.5 Å². The Morgan fingerprint density at radius 3 is 2.63 bits per heavy atom. The maximum absolute atomic E-state index is 15.4. The second-order valence-electron chi connectivity index (χ2n) is 11.4. The van der Waals surface area contributed by atoms with E-state index in [0.29, 0.717) is 39.4 Å². The molecular weight excluding hydrogens is 591 g/mol. The molecule has 4 N–H and O–H groups in total. The fourth-order valence-electron chi connectivity index (χ4n) is 5.63. The molecule has 4 aromatic rings. The number of benzene rings is 2. The fraction of sp³-hybridized carbons (Fsp3) is 0.355. The van der Waals surface area contributed by atoms with E-state index in [1.54, 1.807) is 36.5 Å². The summed E-state index contributed by atoms with van der Waals surface area (Å²) in [7, 11) is -3.93. The van der Waals surface area contributed by atoms with Crippen LogP contribution in [0.1, 0.15) is 56.1 Å². The van der Waals surface area contributed by atoms with E-state index in [1.807, 2.05) is 18.2 Å². The van der Waals surface area contributed by atoms with Gasteiger partial charge in [-0.3, -0.25) is 9.12 Å². The van der Waals surface area contributed by atoms with Gasteiger partial charge in [-0.15, -0.1) is 0 Å². The molecule has 2 aliphatic rings. The number of aromatic nitrogens is 3. The van der Waals surface area contributed by atoms with Crippen LogP contribution in [0.25, 0.3) is 22.3 Å². The number of nitrogens with one attached hydrogen (secondary N) is 2. The molecule has 6 rings (SSSR count). The fourth-order valence-corrected chi connectivity index (χ4v) is 7.15. The number of fused-ring (bicyclic) bond motifs is 1. The number of anilines is 2. The highest BCUT2D eigenvalue weighted by Crippen LogP contribution is 2.36. The van der Waals surface area contributed by atoms with Gasteiger partial charge in [0.1, 0.15) is 28.7 Å². The molecule has 1 fully saturated rings.